The van der Waals surface area contributed by atoms with Gasteiger partial charge in [0.25, 0.3) is 5.56 Å². The summed E-state index contributed by atoms with van der Waals surface area (Å²) in [4.78, 5) is 23.3. The number of nitrogens with one attached hydrogen (secondary N) is 2. The van der Waals surface area contributed by atoms with Crippen LogP contribution >= 0.6 is 0 Å². The van der Waals surface area contributed by atoms with Crippen LogP contribution in [0.4, 0.5) is 5.69 Å². The number of nitrogens with zero attached hydrogens (tertiary/aromatic N) is 1. The summed E-state index contributed by atoms with van der Waals surface area (Å²) in [6.07, 6.45) is 1.23. The van der Waals surface area contributed by atoms with Crippen LogP contribution in [0.25, 0.3) is 11.3 Å². The Balaban J connectivity index is 1.53. The Hall–Kier alpha value is -3.41. The van der Waals surface area contributed by atoms with Gasteiger partial charge in [0, 0.05) is 17.3 Å². The Labute approximate surface area is 157 Å². The quantitative estimate of drug-likeness (QED) is 0.674. The van der Waals surface area contributed by atoms with E-state index in [-0.39, 0.29) is 17.9 Å². The summed E-state index contributed by atoms with van der Waals surface area (Å²) in [6.45, 7) is 2.40. The minimum absolute atomic E-state index is 0.133. The molecule has 0 radical (unpaired) electrons. The fourth-order valence-corrected chi connectivity index (χ4v) is 2.57. The molecule has 1 aromatic heterocycles. The molecule has 6 heteroatoms. The van der Waals surface area contributed by atoms with E-state index in [9.17, 15) is 9.59 Å². The molecule has 3 aromatic rings. The number of hydrogen-bond acceptors (Lipinski definition) is 4. The smallest absolute Gasteiger partial charge is 0.264 e. The van der Waals surface area contributed by atoms with Gasteiger partial charge in [-0.1, -0.05) is 31.2 Å². The van der Waals surface area contributed by atoms with Gasteiger partial charge >= 0.3 is 0 Å². The van der Waals surface area contributed by atoms with E-state index in [1.54, 1.807) is 12.1 Å². The first-order chi connectivity index (χ1) is 13.1. The highest BCUT2D eigenvalue weighted by molar-refractivity contribution is 5.91. The van der Waals surface area contributed by atoms with Crippen LogP contribution in [0.15, 0.2) is 65.5 Å². The van der Waals surface area contributed by atoms with Crippen molar-refractivity contribution < 1.29 is 9.53 Å². The van der Waals surface area contributed by atoms with Crippen molar-refractivity contribution in [2.75, 3.05) is 11.9 Å². The third kappa shape index (κ3) is 5.28. The van der Waals surface area contributed by atoms with Gasteiger partial charge in [0.2, 0.25) is 5.91 Å². The molecule has 27 heavy (non-hydrogen) atoms. The van der Waals surface area contributed by atoms with Gasteiger partial charge in [-0.15, -0.1) is 0 Å². The van der Waals surface area contributed by atoms with E-state index in [2.05, 4.69) is 22.4 Å². The highest BCUT2D eigenvalue weighted by atomic mass is 16.5. The summed E-state index contributed by atoms with van der Waals surface area (Å²) in [5.41, 5.74) is 3.09. The fraction of sp³-hybridized carbons (Fsp3) is 0.190. The highest BCUT2D eigenvalue weighted by Crippen LogP contribution is 2.20. The minimum Gasteiger partial charge on any atom is -0.493 e. The first-order valence-electron chi connectivity index (χ1n) is 8.82. The number of ether oxygens (including phenoxy) is 1. The fourth-order valence-electron chi connectivity index (χ4n) is 2.57. The molecule has 1 amide bonds. The summed E-state index contributed by atoms with van der Waals surface area (Å²) in [5, 5.41) is 9.24. The Kier molecular flexibility index (Phi) is 5.99. The molecule has 0 aliphatic rings. The molecule has 138 valence electrons. The van der Waals surface area contributed by atoms with Gasteiger partial charge in [0.05, 0.1) is 18.7 Å². The predicted molar refractivity (Wildman–Crippen MR) is 105 cm³/mol. The van der Waals surface area contributed by atoms with Crippen LogP contribution < -0.4 is 15.6 Å². The van der Waals surface area contributed by atoms with Gasteiger partial charge in [-0.2, -0.15) is 5.10 Å². The largest absolute Gasteiger partial charge is 0.493 e. The van der Waals surface area contributed by atoms with Crippen molar-refractivity contribution >= 4 is 11.6 Å². The van der Waals surface area contributed by atoms with Crippen LogP contribution in [-0.2, 0) is 11.2 Å². The zero-order chi connectivity index (χ0) is 19.1. The molecule has 0 unspecified atom stereocenters. The van der Waals surface area contributed by atoms with Gasteiger partial charge in [-0.25, -0.2) is 5.10 Å². The number of hydrogen-bond donors (Lipinski definition) is 2. The average molecular weight is 363 g/mol. The SMILES string of the molecule is CCc1ccc(OCCC(=O)Nc2cccc(-c3ccc(=O)[nH]n3)c2)cc1. The lowest BCUT2D eigenvalue weighted by molar-refractivity contribution is -0.116. The lowest BCUT2D eigenvalue weighted by atomic mass is 10.1. The van der Waals surface area contributed by atoms with Crippen LogP contribution in [0.1, 0.15) is 18.9 Å². The molecule has 0 spiro atoms. The van der Waals surface area contributed by atoms with Crippen LogP contribution in [0.5, 0.6) is 5.75 Å². The number of aromatic amines is 1. The second-order valence-electron chi connectivity index (χ2n) is 6.03. The first kappa shape index (κ1) is 18.4. The van der Waals surface area contributed by atoms with E-state index >= 15 is 0 Å². The van der Waals surface area contributed by atoms with Gasteiger partial charge in [-0.3, -0.25) is 9.59 Å². The molecule has 3 rings (SSSR count). The number of anilines is 1. The number of carbonyl (C=O) groups is 1. The molecule has 0 saturated heterocycles. The van der Waals surface area contributed by atoms with Crippen molar-refractivity contribution in [3.8, 4) is 17.0 Å². The van der Waals surface area contributed by atoms with Gasteiger partial charge < -0.3 is 10.1 Å². The second-order valence-corrected chi connectivity index (χ2v) is 6.03. The predicted octanol–water partition coefficient (Wildman–Crippen LogP) is 3.41. The molecular formula is C21H21N3O3. The Morgan fingerprint density at radius 1 is 1.11 bits per heavy atom. The normalized spacial score (nSPS) is 10.4. The Morgan fingerprint density at radius 3 is 2.63 bits per heavy atom. The average Bonchev–Trinajstić information content (AvgIpc) is 2.69. The number of rotatable bonds is 7. The Morgan fingerprint density at radius 2 is 1.93 bits per heavy atom. The third-order valence-electron chi connectivity index (χ3n) is 4.05. The zero-order valence-electron chi connectivity index (χ0n) is 15.1. The van der Waals surface area contributed by atoms with Crippen molar-refractivity contribution in [3.63, 3.8) is 0 Å². The van der Waals surface area contributed by atoms with Crippen molar-refractivity contribution in [1.82, 2.24) is 10.2 Å². The lowest BCUT2D eigenvalue weighted by Crippen LogP contribution is -2.15. The van der Waals surface area contributed by atoms with Crippen LogP contribution in [-0.4, -0.2) is 22.7 Å². The van der Waals surface area contributed by atoms with E-state index < -0.39 is 0 Å². The van der Waals surface area contributed by atoms with E-state index in [0.717, 1.165) is 17.7 Å². The molecule has 0 bridgehead atoms. The summed E-state index contributed by atoms with van der Waals surface area (Å²) in [5.74, 6) is 0.623. The highest BCUT2D eigenvalue weighted by Gasteiger charge is 2.06. The van der Waals surface area contributed by atoms with Gasteiger partial charge in [0.15, 0.2) is 0 Å². The number of benzene rings is 2. The van der Waals surface area contributed by atoms with E-state index in [1.807, 2.05) is 42.5 Å². The standard InChI is InChI=1S/C21H21N3O3/c1-2-15-6-8-18(9-7-15)27-13-12-20(25)22-17-5-3-4-16(14-17)19-10-11-21(26)24-23-19/h3-11,14H,2,12-13H2,1H3,(H,22,25)(H,24,26). The Bertz CT molecular complexity index is 944. The topological polar surface area (TPSA) is 84.1 Å². The van der Waals surface area contributed by atoms with Crippen LogP contribution in [0, 0.1) is 0 Å². The maximum atomic E-state index is 12.1. The van der Waals surface area contributed by atoms with Crippen molar-refractivity contribution in [2.24, 2.45) is 0 Å². The first-order valence-corrected chi connectivity index (χ1v) is 8.82. The van der Waals surface area contributed by atoms with E-state index in [4.69, 9.17) is 4.74 Å². The summed E-state index contributed by atoms with van der Waals surface area (Å²) >= 11 is 0. The molecule has 6 nitrogen and oxygen atoms in total. The van der Waals surface area contributed by atoms with Crippen molar-refractivity contribution in [2.45, 2.75) is 19.8 Å². The second kappa shape index (κ2) is 8.80. The third-order valence-corrected chi connectivity index (χ3v) is 4.05. The summed E-state index contributed by atoms with van der Waals surface area (Å²) in [7, 11) is 0. The van der Waals surface area contributed by atoms with E-state index in [0.29, 0.717) is 18.0 Å². The zero-order valence-corrected chi connectivity index (χ0v) is 15.1. The minimum atomic E-state index is -0.257. The van der Waals surface area contributed by atoms with Gasteiger partial charge in [-0.05, 0) is 42.3 Å². The molecule has 0 atom stereocenters. The van der Waals surface area contributed by atoms with Crippen molar-refractivity contribution in [3.05, 3.63) is 76.6 Å². The van der Waals surface area contributed by atoms with Crippen molar-refractivity contribution in [1.29, 1.82) is 0 Å². The lowest BCUT2D eigenvalue weighted by Gasteiger charge is -2.09. The molecule has 0 saturated carbocycles. The number of amides is 1. The van der Waals surface area contributed by atoms with Crippen LogP contribution in [0.2, 0.25) is 0 Å². The maximum Gasteiger partial charge on any atom is 0.264 e. The number of carbonyl (C=O) groups excluding carboxylic acids is 1. The molecule has 2 N–H and O–H groups in total. The summed E-state index contributed by atoms with van der Waals surface area (Å²) in [6, 6.07) is 18.2. The molecule has 1 heterocycles. The number of aryl methyl sites for hydroxylation is 1. The molecule has 2 aromatic carbocycles. The van der Waals surface area contributed by atoms with Gasteiger partial charge in [0.1, 0.15) is 5.75 Å². The number of aromatic nitrogens is 2. The molecule has 0 fully saturated rings. The molecule has 0 aliphatic carbocycles. The molecular weight excluding hydrogens is 342 g/mol. The number of H-pyrrole nitrogens is 1. The summed E-state index contributed by atoms with van der Waals surface area (Å²) < 4.78 is 5.61. The van der Waals surface area contributed by atoms with Crippen LogP contribution in [0.3, 0.4) is 0 Å². The molecule has 0 aliphatic heterocycles. The maximum absolute atomic E-state index is 12.1. The van der Waals surface area contributed by atoms with E-state index in [1.165, 1.54) is 11.6 Å². The monoisotopic (exact) mass is 363 g/mol.